The zero-order valence-electron chi connectivity index (χ0n) is 13.5. The van der Waals surface area contributed by atoms with Crippen molar-refractivity contribution in [3.63, 3.8) is 0 Å². The highest BCUT2D eigenvalue weighted by Gasteiger charge is 2.39. The summed E-state index contributed by atoms with van der Waals surface area (Å²) in [5.41, 5.74) is 0.560. The average Bonchev–Trinajstić information content (AvgIpc) is 2.34. The van der Waals surface area contributed by atoms with Gasteiger partial charge in [0.05, 0.1) is 13.2 Å². The number of aliphatic hydroxyl groups is 1. The first-order chi connectivity index (χ1) is 9.10. The van der Waals surface area contributed by atoms with E-state index >= 15 is 0 Å². The second-order valence-corrected chi connectivity index (χ2v) is 11.8. The molecule has 0 fully saturated rings. The van der Waals surface area contributed by atoms with Crippen LogP contribution in [-0.4, -0.2) is 39.2 Å². The van der Waals surface area contributed by atoms with Crippen LogP contribution in [0.5, 0.6) is 0 Å². The molecule has 1 N–H and O–H groups in total. The van der Waals surface area contributed by atoms with Crippen molar-refractivity contribution in [1.82, 2.24) is 0 Å². The van der Waals surface area contributed by atoms with Gasteiger partial charge in [0.1, 0.15) is 0 Å². The van der Waals surface area contributed by atoms with Crippen molar-refractivity contribution in [3.8, 4) is 0 Å². The van der Waals surface area contributed by atoms with Gasteiger partial charge in [0.2, 0.25) is 0 Å². The minimum atomic E-state index is -1.88. The molecule has 5 heteroatoms. The molecule has 4 nitrogen and oxygen atoms in total. The number of carbonyl (C=O) groups excluding carboxylic acids is 1. The first-order valence-electron chi connectivity index (χ1n) is 7.20. The number of ether oxygens (including phenoxy) is 1. The Hall–Kier alpha value is -0.653. The molecule has 0 unspecified atom stereocenters. The summed E-state index contributed by atoms with van der Waals surface area (Å²) in [4.78, 5) is 11.8. The Balaban J connectivity index is 2.80. The Kier molecular flexibility index (Phi) is 5.58. The molecule has 1 aliphatic rings. The lowest BCUT2D eigenvalue weighted by atomic mass is 9.86. The van der Waals surface area contributed by atoms with Gasteiger partial charge >= 0.3 is 5.97 Å². The highest BCUT2D eigenvalue weighted by atomic mass is 28.4. The Labute approximate surface area is 123 Å². The van der Waals surface area contributed by atoms with Crippen LogP contribution >= 0.6 is 0 Å². The molecule has 0 spiro atoms. The second kappa shape index (κ2) is 6.41. The Morgan fingerprint density at radius 1 is 1.45 bits per heavy atom. The number of rotatable bonds is 4. The SMILES string of the molecule is COC(=O)C1=CCC[C@@H](O)[C@@H]1CO[Si](C)(C)C(C)(C)C. The standard InChI is InChI=1S/C15H28O4Si/c1-15(2,3)20(5,6)19-10-12-11(14(17)18-4)8-7-9-13(12)16/h8,12-13,16H,7,9-10H2,1-6H3/t12-,13-/m1/s1. The fourth-order valence-electron chi connectivity index (χ4n) is 2.04. The van der Waals surface area contributed by atoms with Gasteiger partial charge in [-0.3, -0.25) is 0 Å². The third-order valence-electron chi connectivity index (χ3n) is 4.54. The lowest BCUT2D eigenvalue weighted by Crippen LogP contribution is -2.44. The van der Waals surface area contributed by atoms with E-state index in [1.807, 2.05) is 6.08 Å². The Morgan fingerprint density at radius 3 is 2.55 bits per heavy atom. The average molecular weight is 300 g/mol. The molecule has 2 atom stereocenters. The summed E-state index contributed by atoms with van der Waals surface area (Å²) in [6, 6.07) is 0. The Morgan fingerprint density at radius 2 is 2.05 bits per heavy atom. The molecule has 0 aromatic rings. The van der Waals surface area contributed by atoms with Gasteiger partial charge in [0.25, 0.3) is 0 Å². The lowest BCUT2D eigenvalue weighted by Gasteiger charge is -2.38. The molecular weight excluding hydrogens is 272 g/mol. The molecule has 0 aromatic heterocycles. The summed E-state index contributed by atoms with van der Waals surface area (Å²) in [7, 11) is -0.513. The summed E-state index contributed by atoms with van der Waals surface area (Å²) in [5, 5.41) is 10.3. The van der Waals surface area contributed by atoms with Crippen molar-refractivity contribution in [1.29, 1.82) is 0 Å². The first-order valence-corrected chi connectivity index (χ1v) is 10.1. The highest BCUT2D eigenvalue weighted by molar-refractivity contribution is 6.74. The van der Waals surface area contributed by atoms with Crippen molar-refractivity contribution in [2.24, 2.45) is 5.92 Å². The number of carbonyl (C=O) groups is 1. The first kappa shape index (κ1) is 17.4. The van der Waals surface area contributed by atoms with Crippen LogP contribution < -0.4 is 0 Å². The largest absolute Gasteiger partial charge is 0.466 e. The van der Waals surface area contributed by atoms with Crippen LogP contribution in [0.15, 0.2) is 11.6 Å². The zero-order valence-corrected chi connectivity index (χ0v) is 14.5. The molecule has 0 aromatic carbocycles. The lowest BCUT2D eigenvalue weighted by molar-refractivity contribution is -0.137. The van der Waals surface area contributed by atoms with Crippen LogP contribution in [0.25, 0.3) is 0 Å². The minimum Gasteiger partial charge on any atom is -0.466 e. The maximum atomic E-state index is 11.8. The zero-order chi connectivity index (χ0) is 15.6. The van der Waals surface area contributed by atoms with Crippen LogP contribution in [0.3, 0.4) is 0 Å². The fraction of sp³-hybridized carbons (Fsp3) is 0.800. The third-order valence-corrected chi connectivity index (χ3v) is 9.04. The van der Waals surface area contributed by atoms with Gasteiger partial charge < -0.3 is 14.3 Å². The molecule has 0 amide bonds. The summed E-state index contributed by atoms with van der Waals surface area (Å²) in [6.45, 7) is 11.3. The van der Waals surface area contributed by atoms with Gasteiger partial charge in [-0.15, -0.1) is 0 Å². The predicted molar refractivity (Wildman–Crippen MR) is 82.0 cm³/mol. The number of esters is 1. The topological polar surface area (TPSA) is 55.8 Å². The van der Waals surface area contributed by atoms with Crippen LogP contribution in [0.4, 0.5) is 0 Å². The van der Waals surface area contributed by atoms with Gasteiger partial charge in [-0.2, -0.15) is 0 Å². The Bertz CT molecular complexity index is 382. The van der Waals surface area contributed by atoms with E-state index in [1.54, 1.807) is 0 Å². The third kappa shape index (κ3) is 3.93. The van der Waals surface area contributed by atoms with Crippen molar-refractivity contribution in [2.75, 3.05) is 13.7 Å². The van der Waals surface area contributed by atoms with E-state index in [2.05, 4.69) is 33.9 Å². The number of aliphatic hydroxyl groups excluding tert-OH is 1. The molecule has 1 aliphatic carbocycles. The summed E-state index contributed by atoms with van der Waals surface area (Å²) in [5.74, 6) is -0.627. The van der Waals surface area contributed by atoms with Crippen LogP contribution in [0.1, 0.15) is 33.6 Å². The monoisotopic (exact) mass is 300 g/mol. The maximum absolute atomic E-state index is 11.8. The number of allylic oxidation sites excluding steroid dienone is 1. The number of hydrogen-bond acceptors (Lipinski definition) is 4. The van der Waals surface area contributed by atoms with E-state index in [9.17, 15) is 9.90 Å². The van der Waals surface area contributed by atoms with Gasteiger partial charge in [-0.25, -0.2) is 4.79 Å². The number of methoxy groups -OCH3 is 1. The van der Waals surface area contributed by atoms with Crippen LogP contribution in [0.2, 0.25) is 18.1 Å². The molecule has 0 bridgehead atoms. The minimum absolute atomic E-state index is 0.113. The van der Waals surface area contributed by atoms with Crippen molar-refractivity contribution in [3.05, 3.63) is 11.6 Å². The van der Waals surface area contributed by atoms with E-state index < -0.39 is 14.4 Å². The normalized spacial score (nSPS) is 24.2. The van der Waals surface area contributed by atoms with E-state index in [0.29, 0.717) is 25.0 Å². The summed E-state index contributed by atoms with van der Waals surface area (Å²) < 4.78 is 11.0. The van der Waals surface area contributed by atoms with E-state index in [1.165, 1.54) is 7.11 Å². The van der Waals surface area contributed by atoms with Crippen LogP contribution in [-0.2, 0) is 14.0 Å². The molecule has 116 valence electrons. The van der Waals surface area contributed by atoms with Gasteiger partial charge in [0, 0.05) is 18.1 Å². The quantitative estimate of drug-likeness (QED) is 0.641. The fourth-order valence-corrected chi connectivity index (χ4v) is 3.07. The van der Waals surface area contributed by atoms with E-state index in [4.69, 9.17) is 9.16 Å². The van der Waals surface area contributed by atoms with Crippen molar-refractivity contribution >= 4 is 14.3 Å². The van der Waals surface area contributed by atoms with E-state index in [-0.39, 0.29) is 16.9 Å². The molecule has 0 saturated carbocycles. The van der Waals surface area contributed by atoms with Gasteiger partial charge in [0.15, 0.2) is 8.32 Å². The smallest absolute Gasteiger partial charge is 0.333 e. The molecule has 1 rings (SSSR count). The molecule has 0 saturated heterocycles. The summed E-state index contributed by atoms with van der Waals surface area (Å²) >= 11 is 0. The van der Waals surface area contributed by atoms with Crippen LogP contribution in [0, 0.1) is 5.92 Å². The predicted octanol–water partition coefficient (Wildman–Crippen LogP) is 2.88. The number of hydrogen-bond donors (Lipinski definition) is 1. The molecular formula is C15H28O4Si. The molecule has 0 heterocycles. The van der Waals surface area contributed by atoms with Gasteiger partial charge in [-0.05, 0) is 31.0 Å². The maximum Gasteiger partial charge on any atom is 0.333 e. The van der Waals surface area contributed by atoms with Crippen molar-refractivity contribution in [2.45, 2.75) is 57.8 Å². The molecule has 0 radical (unpaired) electrons. The highest BCUT2D eigenvalue weighted by Crippen LogP contribution is 2.38. The molecule has 0 aliphatic heterocycles. The van der Waals surface area contributed by atoms with E-state index in [0.717, 1.165) is 0 Å². The molecule has 20 heavy (non-hydrogen) atoms. The second-order valence-electron chi connectivity index (χ2n) is 6.97. The van der Waals surface area contributed by atoms with Gasteiger partial charge in [-0.1, -0.05) is 26.8 Å². The van der Waals surface area contributed by atoms with Crippen molar-refractivity contribution < 1.29 is 19.1 Å². The summed E-state index contributed by atoms with van der Waals surface area (Å²) in [6.07, 6.45) is 2.73.